The number of aryl methyl sites for hydroxylation is 1. The molecule has 1 aliphatic rings. The summed E-state index contributed by atoms with van der Waals surface area (Å²) in [5.74, 6) is 1.75. The number of ether oxygens (including phenoxy) is 2. The third-order valence-electron chi connectivity index (χ3n) is 4.70. The molecule has 3 rings (SSSR count). The molecule has 0 aliphatic heterocycles. The van der Waals surface area contributed by atoms with Gasteiger partial charge in [-0.1, -0.05) is 24.3 Å². The van der Waals surface area contributed by atoms with Crippen LogP contribution in [0.1, 0.15) is 30.1 Å². The molecule has 0 bridgehead atoms. The first kappa shape index (κ1) is 15.9. The molecule has 2 aromatic carbocycles. The summed E-state index contributed by atoms with van der Waals surface area (Å²) >= 11 is 0. The lowest BCUT2D eigenvalue weighted by atomic mass is 10.0. The van der Waals surface area contributed by atoms with Gasteiger partial charge in [-0.05, 0) is 62.3 Å². The van der Waals surface area contributed by atoms with E-state index in [1.54, 1.807) is 7.11 Å². The number of benzene rings is 2. The Morgan fingerprint density at radius 1 is 0.957 bits per heavy atom. The van der Waals surface area contributed by atoms with Crippen molar-refractivity contribution in [2.75, 3.05) is 21.2 Å². The average Bonchev–Trinajstić information content (AvgIpc) is 2.76. The Labute approximate surface area is 138 Å². The van der Waals surface area contributed by atoms with Crippen LogP contribution >= 0.6 is 0 Å². The third-order valence-corrected chi connectivity index (χ3v) is 4.70. The summed E-state index contributed by atoms with van der Waals surface area (Å²) in [5.41, 5.74) is 2.74. The second-order valence-corrected chi connectivity index (χ2v) is 6.37. The predicted octanol–water partition coefficient (Wildman–Crippen LogP) is 4.08. The minimum atomic E-state index is 0.0921. The van der Waals surface area contributed by atoms with Crippen molar-refractivity contribution in [2.24, 2.45) is 0 Å². The molecule has 0 saturated carbocycles. The molecule has 2 atom stereocenters. The van der Waals surface area contributed by atoms with E-state index in [-0.39, 0.29) is 6.10 Å². The summed E-state index contributed by atoms with van der Waals surface area (Å²) in [7, 11) is 6.00. The van der Waals surface area contributed by atoms with Crippen molar-refractivity contribution in [1.29, 1.82) is 0 Å². The zero-order valence-corrected chi connectivity index (χ0v) is 14.2. The van der Waals surface area contributed by atoms with E-state index in [0.717, 1.165) is 24.3 Å². The van der Waals surface area contributed by atoms with Crippen LogP contribution < -0.4 is 9.47 Å². The minimum absolute atomic E-state index is 0.0921. The number of hydrogen-bond acceptors (Lipinski definition) is 3. The van der Waals surface area contributed by atoms with E-state index in [1.165, 1.54) is 17.5 Å². The van der Waals surface area contributed by atoms with Crippen LogP contribution in [0.3, 0.4) is 0 Å². The first-order valence-corrected chi connectivity index (χ1v) is 8.22. The number of methoxy groups -OCH3 is 1. The van der Waals surface area contributed by atoms with Crippen LogP contribution in [0.5, 0.6) is 11.5 Å². The van der Waals surface area contributed by atoms with Crippen molar-refractivity contribution in [3.8, 4) is 11.5 Å². The molecule has 2 aromatic rings. The molecular weight excluding hydrogens is 286 g/mol. The summed E-state index contributed by atoms with van der Waals surface area (Å²) in [6, 6.07) is 17.1. The molecule has 3 heteroatoms. The monoisotopic (exact) mass is 311 g/mol. The highest BCUT2D eigenvalue weighted by Gasteiger charge is 2.26. The standard InChI is InChI=1S/C20H25NO2/c1-21(2)16-9-8-15-6-4-5-7-19(15)20(14-16)23-18-12-10-17(22-3)11-13-18/h4-7,10-13,16,20H,8-9,14H2,1-3H3. The normalized spacial score (nSPS) is 20.7. The van der Waals surface area contributed by atoms with Gasteiger partial charge in [-0.25, -0.2) is 0 Å². The van der Waals surface area contributed by atoms with Crippen molar-refractivity contribution < 1.29 is 9.47 Å². The third kappa shape index (κ3) is 3.67. The number of fused-ring (bicyclic) bond motifs is 1. The summed E-state index contributed by atoms with van der Waals surface area (Å²) in [5, 5.41) is 0. The molecule has 0 saturated heterocycles. The van der Waals surface area contributed by atoms with Crippen LogP contribution in [0.25, 0.3) is 0 Å². The summed E-state index contributed by atoms with van der Waals surface area (Å²) in [6.45, 7) is 0. The highest BCUT2D eigenvalue weighted by molar-refractivity contribution is 5.34. The Morgan fingerprint density at radius 2 is 1.65 bits per heavy atom. The maximum Gasteiger partial charge on any atom is 0.125 e. The van der Waals surface area contributed by atoms with Gasteiger partial charge in [0.05, 0.1) is 7.11 Å². The Bertz CT molecular complexity index is 636. The first-order valence-electron chi connectivity index (χ1n) is 8.22. The summed E-state index contributed by atoms with van der Waals surface area (Å²) < 4.78 is 11.6. The quantitative estimate of drug-likeness (QED) is 0.794. The van der Waals surface area contributed by atoms with Crippen molar-refractivity contribution in [2.45, 2.75) is 31.4 Å². The van der Waals surface area contributed by atoms with E-state index in [9.17, 15) is 0 Å². The summed E-state index contributed by atoms with van der Waals surface area (Å²) in [4.78, 5) is 2.32. The molecular formula is C20H25NO2. The van der Waals surface area contributed by atoms with Crippen LogP contribution in [0.15, 0.2) is 48.5 Å². The second-order valence-electron chi connectivity index (χ2n) is 6.37. The summed E-state index contributed by atoms with van der Waals surface area (Å²) in [6.07, 6.45) is 3.39. The molecule has 0 heterocycles. The van der Waals surface area contributed by atoms with E-state index >= 15 is 0 Å². The Morgan fingerprint density at radius 3 is 2.35 bits per heavy atom. The largest absolute Gasteiger partial charge is 0.497 e. The maximum atomic E-state index is 6.36. The van der Waals surface area contributed by atoms with Crippen LogP contribution in [0.2, 0.25) is 0 Å². The van der Waals surface area contributed by atoms with Crippen LogP contribution in [0.4, 0.5) is 0 Å². The fourth-order valence-corrected chi connectivity index (χ4v) is 3.29. The van der Waals surface area contributed by atoms with Gasteiger partial charge in [0.15, 0.2) is 0 Å². The molecule has 0 amide bonds. The molecule has 0 radical (unpaired) electrons. The van der Waals surface area contributed by atoms with Crippen LogP contribution in [0, 0.1) is 0 Å². The zero-order chi connectivity index (χ0) is 16.2. The highest BCUT2D eigenvalue weighted by Crippen LogP contribution is 2.34. The van der Waals surface area contributed by atoms with Gasteiger partial charge in [0.2, 0.25) is 0 Å². The van der Waals surface area contributed by atoms with Crippen molar-refractivity contribution in [3.05, 3.63) is 59.7 Å². The van der Waals surface area contributed by atoms with E-state index < -0.39 is 0 Å². The van der Waals surface area contributed by atoms with E-state index in [2.05, 4.69) is 43.3 Å². The number of rotatable bonds is 4. The van der Waals surface area contributed by atoms with E-state index in [1.807, 2.05) is 24.3 Å². The van der Waals surface area contributed by atoms with Gasteiger partial charge < -0.3 is 14.4 Å². The fourth-order valence-electron chi connectivity index (χ4n) is 3.29. The second kappa shape index (κ2) is 7.05. The smallest absolute Gasteiger partial charge is 0.125 e. The van der Waals surface area contributed by atoms with Crippen LogP contribution in [-0.4, -0.2) is 32.1 Å². The lowest BCUT2D eigenvalue weighted by Gasteiger charge is -2.27. The fraction of sp³-hybridized carbons (Fsp3) is 0.400. The van der Waals surface area contributed by atoms with Crippen molar-refractivity contribution in [1.82, 2.24) is 4.90 Å². The Kier molecular flexibility index (Phi) is 4.87. The van der Waals surface area contributed by atoms with E-state index in [0.29, 0.717) is 6.04 Å². The predicted molar refractivity (Wildman–Crippen MR) is 93.2 cm³/mol. The van der Waals surface area contributed by atoms with Crippen LogP contribution in [-0.2, 0) is 6.42 Å². The minimum Gasteiger partial charge on any atom is -0.497 e. The maximum absolute atomic E-state index is 6.36. The molecule has 0 fully saturated rings. The average molecular weight is 311 g/mol. The van der Waals surface area contributed by atoms with Crippen molar-refractivity contribution in [3.63, 3.8) is 0 Å². The molecule has 122 valence electrons. The van der Waals surface area contributed by atoms with E-state index in [4.69, 9.17) is 9.47 Å². The van der Waals surface area contributed by atoms with Gasteiger partial charge in [-0.15, -0.1) is 0 Å². The van der Waals surface area contributed by atoms with Gasteiger partial charge in [0.25, 0.3) is 0 Å². The van der Waals surface area contributed by atoms with Gasteiger partial charge in [0.1, 0.15) is 17.6 Å². The number of nitrogens with zero attached hydrogens (tertiary/aromatic N) is 1. The lowest BCUT2D eigenvalue weighted by molar-refractivity contribution is 0.146. The Hall–Kier alpha value is -2.00. The Balaban J connectivity index is 1.86. The molecule has 0 N–H and O–H groups in total. The zero-order valence-electron chi connectivity index (χ0n) is 14.2. The van der Waals surface area contributed by atoms with Gasteiger partial charge in [-0.3, -0.25) is 0 Å². The topological polar surface area (TPSA) is 21.7 Å². The molecule has 3 nitrogen and oxygen atoms in total. The molecule has 2 unspecified atom stereocenters. The van der Waals surface area contributed by atoms with Gasteiger partial charge >= 0.3 is 0 Å². The highest BCUT2D eigenvalue weighted by atomic mass is 16.5. The van der Waals surface area contributed by atoms with Gasteiger partial charge in [0, 0.05) is 12.5 Å². The first-order chi connectivity index (χ1) is 11.2. The van der Waals surface area contributed by atoms with Crippen molar-refractivity contribution >= 4 is 0 Å². The number of hydrogen-bond donors (Lipinski definition) is 0. The molecule has 1 aliphatic carbocycles. The SMILES string of the molecule is COc1ccc(OC2CC(N(C)C)CCc3ccccc32)cc1. The van der Waals surface area contributed by atoms with Gasteiger partial charge in [-0.2, -0.15) is 0 Å². The molecule has 0 spiro atoms. The lowest BCUT2D eigenvalue weighted by Crippen LogP contribution is -2.30. The molecule has 23 heavy (non-hydrogen) atoms. The molecule has 0 aromatic heterocycles.